The van der Waals surface area contributed by atoms with Crippen LogP contribution in [0.4, 0.5) is 0 Å². The zero-order valence-corrected chi connectivity index (χ0v) is 14.3. The van der Waals surface area contributed by atoms with Crippen molar-refractivity contribution < 1.29 is 55.7 Å². The van der Waals surface area contributed by atoms with Crippen molar-refractivity contribution in [2.75, 3.05) is 0 Å². The Morgan fingerprint density at radius 2 is 0.214 bits per heavy atom. The van der Waals surface area contributed by atoms with Crippen LogP contribution in [0.1, 0.15) is 0 Å². The first-order chi connectivity index (χ1) is 0. The smallest absolute Gasteiger partial charge is 3.00 e. The van der Waals surface area contributed by atoms with Gasteiger partial charge in [-0.3, -0.25) is 0 Å². The molecule has 0 aliphatic carbocycles. The summed E-state index contributed by atoms with van der Waals surface area (Å²) in [6, 6.07) is 0. The summed E-state index contributed by atoms with van der Waals surface area (Å²) in [6.45, 7) is 0. The van der Waals surface area contributed by atoms with Gasteiger partial charge in [0.1, 0.15) is 0 Å². The minimum Gasteiger partial charge on any atom is -3.00 e. The fraction of sp³-hybridized carbons (Fsp3) is 0. The third kappa shape index (κ3) is 322. The first-order valence-electron chi connectivity index (χ1n) is 0. The Kier molecular flexibility index (Phi) is 13400. The van der Waals surface area contributed by atoms with E-state index in [1.54, 1.807) is 0 Å². The van der Waals surface area contributed by atoms with E-state index >= 15 is 0 Å². The van der Waals surface area contributed by atoms with Gasteiger partial charge >= 0.3 is 108 Å². The Balaban J connectivity index is 0. The molecule has 0 saturated heterocycles. The molecule has 0 amide bonds. The second kappa shape index (κ2) is 394. The molecule has 8 nitrogen and oxygen atoms in total. The molecule has 0 N–H and O–H groups in total. The van der Waals surface area contributed by atoms with Gasteiger partial charge in [-0.2, -0.15) is 0 Å². The summed E-state index contributed by atoms with van der Waals surface area (Å²) in [5.74, 6) is 0. The SMILES string of the molecule is [Al+3].[Al+3].[Al+3].[N-3].[N-3].[N-3].[N-3].[N-3].[N-3].[N-3].[N-3].[V+5].[V+5].[V+5]. The van der Waals surface area contributed by atoms with Crippen LogP contribution in [0.2, 0.25) is 0 Å². The molecule has 0 atom stereocenters. The van der Waals surface area contributed by atoms with Crippen molar-refractivity contribution >= 4 is 52.1 Å². The van der Waals surface area contributed by atoms with Crippen LogP contribution in [0.15, 0.2) is 0 Å². The van der Waals surface area contributed by atoms with Crippen LogP contribution in [-0.2, 0) is 55.7 Å². The normalized spacial score (nSPS) is 0. The summed E-state index contributed by atoms with van der Waals surface area (Å²) >= 11 is 0. The Bertz CT molecular complexity index is 19.8. The van der Waals surface area contributed by atoms with Gasteiger partial charge in [0.25, 0.3) is 0 Å². The van der Waals surface area contributed by atoms with Gasteiger partial charge in [-0.25, -0.2) is 0 Å². The monoisotopic (exact) mass is 346 g/mol. The minimum atomic E-state index is 0. The van der Waals surface area contributed by atoms with E-state index in [4.69, 9.17) is 0 Å². The average Bonchev–Trinajstić information content (AvgIpc) is 0. The van der Waals surface area contributed by atoms with Gasteiger partial charge in [0, 0.05) is 0 Å². The van der Waals surface area contributed by atoms with Crippen LogP contribution < -0.4 is 0 Å². The van der Waals surface area contributed by atoms with Crippen LogP contribution in [0, 0.1) is 0 Å². The molecule has 0 aromatic rings. The molecular weight excluding hydrogens is 346 g/mol. The van der Waals surface area contributed by atoms with Gasteiger partial charge in [-0.05, 0) is 0 Å². The van der Waals surface area contributed by atoms with E-state index in [2.05, 4.69) is 0 Å². The van der Waals surface area contributed by atoms with Gasteiger partial charge in [0.05, 0.1) is 0 Å². The van der Waals surface area contributed by atoms with Gasteiger partial charge in [-0.1, -0.05) is 0 Å². The molecule has 14 heavy (non-hydrogen) atoms. The number of hydrogen-bond donors (Lipinski definition) is 0. The average molecular weight is 346 g/mol. The van der Waals surface area contributed by atoms with E-state index in [1.807, 2.05) is 0 Å². The quantitative estimate of drug-likeness (QED) is 0.560. The summed E-state index contributed by atoms with van der Waals surface area (Å²) in [4.78, 5) is 0. The largest absolute Gasteiger partial charge is 5.00 e. The fourth-order valence-electron chi connectivity index (χ4n) is 0. The van der Waals surface area contributed by atoms with Gasteiger partial charge in [-0.15, -0.1) is 0 Å². The van der Waals surface area contributed by atoms with Crippen molar-refractivity contribution in [1.82, 2.24) is 0 Å². The molecule has 0 radical (unpaired) electrons. The molecule has 0 heterocycles. The molecule has 0 aromatic carbocycles. The topological polar surface area (TPSA) is 244 Å². The van der Waals surface area contributed by atoms with E-state index < -0.39 is 0 Å². The van der Waals surface area contributed by atoms with Gasteiger partial charge in [0.15, 0.2) is 0 Å². The Hall–Kier alpha value is 3.03. The van der Waals surface area contributed by atoms with Crippen molar-refractivity contribution in [3.05, 3.63) is 49.2 Å². The second-order valence-corrected chi connectivity index (χ2v) is 0. The molecule has 0 rings (SSSR count). The molecule has 0 fully saturated rings. The molecule has 14 heteroatoms. The predicted molar refractivity (Wildman–Crippen MR) is 44.1 cm³/mol. The fourth-order valence-corrected chi connectivity index (χ4v) is 0. The summed E-state index contributed by atoms with van der Waals surface area (Å²) in [6.07, 6.45) is 0. The number of nitrogens with zero attached hydrogens (tertiary/aromatic N) is 8. The van der Waals surface area contributed by atoms with E-state index in [1.165, 1.54) is 0 Å². The third-order valence-electron chi connectivity index (χ3n) is 0. The van der Waals surface area contributed by atoms with Crippen molar-refractivity contribution in [3.63, 3.8) is 0 Å². The summed E-state index contributed by atoms with van der Waals surface area (Å²) < 4.78 is 0. The van der Waals surface area contributed by atoms with Crippen LogP contribution >= 0.6 is 0 Å². The summed E-state index contributed by atoms with van der Waals surface area (Å²) in [7, 11) is 0. The van der Waals surface area contributed by atoms with Crippen LogP contribution in [0.25, 0.3) is 49.2 Å². The summed E-state index contributed by atoms with van der Waals surface area (Å²) in [5, 5.41) is 0. The number of hydrogen-bond acceptors (Lipinski definition) is 0. The number of rotatable bonds is 0. The standard InChI is InChI=1S/3Al.8N.3V/q3*+3;8*-3;3*+5. The van der Waals surface area contributed by atoms with Crippen molar-refractivity contribution in [3.8, 4) is 0 Å². The van der Waals surface area contributed by atoms with Crippen LogP contribution in [0.3, 0.4) is 0 Å². The Labute approximate surface area is 155 Å². The maximum Gasteiger partial charge on any atom is 5.00 e. The molecular formula is Al3N8V3. The minimum absolute atomic E-state index is 0. The van der Waals surface area contributed by atoms with Crippen molar-refractivity contribution in [1.29, 1.82) is 0 Å². The molecule has 0 bridgehead atoms. The van der Waals surface area contributed by atoms with Crippen molar-refractivity contribution in [2.24, 2.45) is 0 Å². The summed E-state index contributed by atoms with van der Waals surface area (Å²) in [5.41, 5.74) is 0. The molecule has 0 spiro atoms. The maximum atomic E-state index is 0. The molecule has 0 aliphatic rings. The maximum absolute atomic E-state index is 0. The second-order valence-electron chi connectivity index (χ2n) is 0. The molecule has 64 valence electrons. The molecule has 0 aliphatic heterocycles. The Morgan fingerprint density at radius 1 is 0.214 bits per heavy atom. The van der Waals surface area contributed by atoms with Gasteiger partial charge < -0.3 is 49.2 Å². The van der Waals surface area contributed by atoms with E-state index in [0.29, 0.717) is 0 Å². The molecule has 0 unspecified atom stereocenters. The zero-order valence-electron chi connectivity index (χ0n) is 6.65. The van der Waals surface area contributed by atoms with Crippen molar-refractivity contribution in [2.45, 2.75) is 0 Å². The third-order valence-corrected chi connectivity index (χ3v) is 0. The van der Waals surface area contributed by atoms with Crippen LogP contribution in [-0.4, -0.2) is 52.1 Å². The van der Waals surface area contributed by atoms with Crippen LogP contribution in [0.5, 0.6) is 0 Å². The molecule has 0 saturated carbocycles. The predicted octanol–water partition coefficient (Wildman–Crippen LogP) is 1.16. The zero-order chi connectivity index (χ0) is 0. The Morgan fingerprint density at radius 3 is 0.214 bits per heavy atom. The van der Waals surface area contributed by atoms with E-state index in [0.717, 1.165) is 0 Å². The van der Waals surface area contributed by atoms with E-state index in [-0.39, 0.29) is 157 Å². The van der Waals surface area contributed by atoms with E-state index in [9.17, 15) is 0 Å². The first-order valence-corrected chi connectivity index (χ1v) is 0. The van der Waals surface area contributed by atoms with Gasteiger partial charge in [0.2, 0.25) is 0 Å². The molecule has 0 aromatic heterocycles. The first kappa shape index (κ1) is 476.